The summed E-state index contributed by atoms with van der Waals surface area (Å²) in [4.78, 5) is 0. The van der Waals surface area contributed by atoms with Gasteiger partial charge in [0, 0.05) is 88.0 Å². The van der Waals surface area contributed by atoms with Crippen molar-refractivity contribution >= 4 is 109 Å². The molecule has 0 spiro atoms. The lowest BCUT2D eigenvalue weighted by Gasteiger charge is -2.22. The number of rotatable bonds is 8. The van der Waals surface area contributed by atoms with Crippen LogP contribution in [-0.4, -0.2) is 18.3 Å². The van der Waals surface area contributed by atoms with Gasteiger partial charge in [0.25, 0.3) is 0 Å². The maximum absolute atomic E-state index is 6.35. The molecule has 0 radical (unpaired) electrons. The van der Waals surface area contributed by atoms with E-state index in [2.05, 4.69) is 384 Å². The van der Waals surface area contributed by atoms with Crippen LogP contribution < -0.4 is 0 Å². The van der Waals surface area contributed by atoms with Gasteiger partial charge >= 0.3 is 0 Å². The summed E-state index contributed by atoms with van der Waals surface area (Å²) < 4.78 is 16.1. The first-order valence-electron chi connectivity index (χ1n) is 36.0. The molecule has 0 saturated carbocycles. The molecule has 0 atom stereocenters. The molecule has 16 aromatic carbocycles. The van der Waals surface area contributed by atoms with E-state index < -0.39 is 0 Å². The Morgan fingerprint density at radius 3 is 1.03 bits per heavy atom. The van der Waals surface area contributed by atoms with E-state index in [1.54, 1.807) is 0 Å². The van der Waals surface area contributed by atoms with Crippen molar-refractivity contribution in [2.45, 2.75) is 19.3 Å². The van der Waals surface area contributed by atoms with Gasteiger partial charge in [-0.15, -0.1) is 0 Å². The van der Waals surface area contributed by atoms with E-state index >= 15 is 0 Å². The number of para-hydroxylation sites is 5. The number of nitrogens with zero attached hydrogens (tertiary/aromatic N) is 4. The Morgan fingerprint density at radius 1 is 0.221 bits per heavy atom. The van der Waals surface area contributed by atoms with Crippen LogP contribution >= 0.6 is 0 Å². The van der Waals surface area contributed by atoms with Gasteiger partial charge in [0.15, 0.2) is 0 Å². The van der Waals surface area contributed by atoms with Gasteiger partial charge in [-0.3, -0.25) is 0 Å². The van der Waals surface area contributed by atoms with E-state index in [1.807, 2.05) is 12.1 Å². The van der Waals surface area contributed by atoms with Gasteiger partial charge in [-0.2, -0.15) is 0 Å². The van der Waals surface area contributed by atoms with Crippen molar-refractivity contribution in [1.29, 1.82) is 0 Å². The van der Waals surface area contributed by atoms with Crippen LogP contribution in [0.1, 0.15) is 25.0 Å². The fourth-order valence-corrected chi connectivity index (χ4v) is 17.7. The fourth-order valence-electron chi connectivity index (χ4n) is 17.7. The SMILES string of the molecule is CC1(C)c2ccccc2-c2c(-n3c4ccccc4c4c(-c5cccc6c5c5ccccc5n6-c5ccc(-c6ccccc6)cc5)cccc43)cccc21.c1ccc(-c2ccc(-n3c4ccccc4c4c(-c5cccc6c5c5ccccc5n6-c5ccc6c(c5)oc5ccccc56)cccc43)cc2)cc1. The third-order valence-corrected chi connectivity index (χ3v) is 22.3. The highest BCUT2D eigenvalue weighted by atomic mass is 16.3. The highest BCUT2D eigenvalue weighted by Crippen LogP contribution is 2.53. The van der Waals surface area contributed by atoms with Gasteiger partial charge in [0.1, 0.15) is 11.2 Å². The highest BCUT2D eigenvalue weighted by molar-refractivity contribution is 6.24. The first-order chi connectivity index (χ1) is 51.4. The molecule has 1 aliphatic rings. The van der Waals surface area contributed by atoms with Crippen LogP contribution in [0.3, 0.4) is 0 Å². The van der Waals surface area contributed by atoms with E-state index in [0.29, 0.717) is 0 Å². The summed E-state index contributed by atoms with van der Waals surface area (Å²) in [5.41, 5.74) is 31.2. The van der Waals surface area contributed by atoms with Gasteiger partial charge in [0.05, 0.1) is 49.8 Å². The molecule has 0 unspecified atom stereocenters. The minimum absolute atomic E-state index is 0.0718. The molecule has 0 amide bonds. The summed E-state index contributed by atoms with van der Waals surface area (Å²) in [6.45, 7) is 4.72. The summed E-state index contributed by atoms with van der Waals surface area (Å²) in [5, 5.41) is 12.3. The predicted octanol–water partition coefficient (Wildman–Crippen LogP) is 26.6. The molecule has 5 heterocycles. The highest BCUT2D eigenvalue weighted by Gasteiger charge is 2.37. The Hall–Kier alpha value is -13.5. The van der Waals surface area contributed by atoms with E-state index in [0.717, 1.165) is 39.0 Å². The molecule has 488 valence electrons. The van der Waals surface area contributed by atoms with Crippen LogP contribution in [0.5, 0.6) is 0 Å². The number of hydrogen-bond donors (Lipinski definition) is 0. The molecule has 1 aliphatic carbocycles. The van der Waals surface area contributed by atoms with Crippen molar-refractivity contribution in [2.75, 3.05) is 0 Å². The summed E-state index contributed by atoms with van der Waals surface area (Å²) in [5.74, 6) is 0. The second kappa shape index (κ2) is 23.3. The zero-order chi connectivity index (χ0) is 68.7. The van der Waals surface area contributed by atoms with Crippen molar-refractivity contribution in [2.24, 2.45) is 0 Å². The third kappa shape index (κ3) is 8.93. The first kappa shape index (κ1) is 59.4. The zero-order valence-electron chi connectivity index (χ0n) is 57.3. The fraction of sp³-hybridized carbons (Fsp3) is 0.0303. The van der Waals surface area contributed by atoms with Crippen molar-refractivity contribution in [3.8, 4) is 78.4 Å². The number of furan rings is 1. The van der Waals surface area contributed by atoms with E-state index in [1.165, 1.54) is 160 Å². The van der Waals surface area contributed by atoms with Crippen LogP contribution in [0, 0.1) is 0 Å². The molecule has 104 heavy (non-hydrogen) atoms. The molecule has 5 aromatic heterocycles. The number of hydrogen-bond acceptors (Lipinski definition) is 1. The van der Waals surface area contributed by atoms with E-state index in [-0.39, 0.29) is 5.41 Å². The summed E-state index contributed by atoms with van der Waals surface area (Å²) in [6.07, 6.45) is 0. The van der Waals surface area contributed by atoms with Crippen LogP contribution in [0.2, 0.25) is 0 Å². The molecule has 0 aliphatic heterocycles. The normalized spacial score (nSPS) is 12.6. The molecule has 5 nitrogen and oxygen atoms in total. The summed E-state index contributed by atoms with van der Waals surface area (Å²) in [7, 11) is 0. The predicted molar refractivity (Wildman–Crippen MR) is 437 cm³/mol. The van der Waals surface area contributed by atoms with Crippen LogP contribution in [0.25, 0.3) is 188 Å². The summed E-state index contributed by atoms with van der Waals surface area (Å²) >= 11 is 0. The first-order valence-corrected chi connectivity index (χ1v) is 36.0. The zero-order valence-corrected chi connectivity index (χ0v) is 57.3. The Bertz CT molecular complexity index is 7040. The molecule has 0 N–H and O–H groups in total. The summed E-state index contributed by atoms with van der Waals surface area (Å²) in [6, 6.07) is 132. The van der Waals surface area contributed by atoms with Crippen molar-refractivity contribution in [3.63, 3.8) is 0 Å². The van der Waals surface area contributed by atoms with Gasteiger partial charge in [-0.1, -0.05) is 275 Å². The Labute approximate surface area is 600 Å². The standard InChI is InChI=1S/C51H36N2.C48H30N2O/c1-51(2)41-22-9-6-17-38(41)50-42(51)23-14-28-47(50)53-44-25-11-8-19-40(44)49-37(21-13-27-46(49)53)36-20-12-26-45-48(36)39-18-7-10-24-43(39)52(45)35-31-29-34(30-32-35)33-15-4-3-5-16-33;1-2-12-31(13-3-1)32-24-26-33(27-25-32)49-41-19-7-4-15-39(41)47-37(17-10-21-43(47)49)38-18-11-22-44-48(38)40-16-5-8-20-42(40)50(44)34-28-29-36-35-14-6-9-23-45(35)51-46(36)30-34/h3-32H,1-2H3;1-30H. The lowest BCUT2D eigenvalue weighted by molar-refractivity contribution is 0.660. The third-order valence-electron chi connectivity index (χ3n) is 22.3. The number of benzene rings is 16. The monoisotopic (exact) mass is 1330 g/mol. The minimum Gasteiger partial charge on any atom is -0.456 e. The van der Waals surface area contributed by atoms with E-state index in [4.69, 9.17) is 4.42 Å². The maximum Gasteiger partial charge on any atom is 0.137 e. The lowest BCUT2D eigenvalue weighted by atomic mass is 9.82. The van der Waals surface area contributed by atoms with Crippen LogP contribution in [0.4, 0.5) is 0 Å². The minimum atomic E-state index is -0.0718. The van der Waals surface area contributed by atoms with Crippen molar-refractivity contribution in [3.05, 3.63) is 375 Å². The molecule has 5 heteroatoms. The molecule has 21 aromatic rings. The van der Waals surface area contributed by atoms with Crippen molar-refractivity contribution < 1.29 is 4.42 Å². The Morgan fingerprint density at radius 2 is 0.548 bits per heavy atom. The number of aromatic nitrogens is 4. The van der Waals surface area contributed by atoms with Crippen molar-refractivity contribution in [1.82, 2.24) is 18.3 Å². The second-order valence-corrected chi connectivity index (χ2v) is 28.2. The quantitative estimate of drug-likeness (QED) is 0.149. The average molecular weight is 1330 g/mol. The van der Waals surface area contributed by atoms with Gasteiger partial charge in [0.2, 0.25) is 0 Å². The van der Waals surface area contributed by atoms with E-state index in [9.17, 15) is 0 Å². The smallest absolute Gasteiger partial charge is 0.137 e. The largest absolute Gasteiger partial charge is 0.456 e. The molecule has 0 bridgehead atoms. The number of fused-ring (bicyclic) bond motifs is 18. The van der Waals surface area contributed by atoms with Crippen LogP contribution in [-0.2, 0) is 5.41 Å². The Balaban J connectivity index is 0.000000134. The second-order valence-electron chi connectivity index (χ2n) is 28.2. The lowest BCUT2D eigenvalue weighted by Crippen LogP contribution is -2.14. The topological polar surface area (TPSA) is 32.9 Å². The van der Waals surface area contributed by atoms with Gasteiger partial charge in [-0.05, 0) is 158 Å². The maximum atomic E-state index is 6.35. The Kier molecular flexibility index (Phi) is 13.3. The molecular formula is C99H66N4O. The molecular weight excluding hydrogens is 1260 g/mol. The molecule has 0 fully saturated rings. The van der Waals surface area contributed by atoms with Gasteiger partial charge in [-0.25, -0.2) is 0 Å². The average Bonchev–Trinajstić information content (AvgIpc) is 1.51. The van der Waals surface area contributed by atoms with Gasteiger partial charge < -0.3 is 22.7 Å². The molecule has 22 rings (SSSR count). The molecule has 0 saturated heterocycles. The van der Waals surface area contributed by atoms with Crippen LogP contribution in [0.15, 0.2) is 368 Å².